The number of nitrogens with zero attached hydrogens (tertiary/aromatic N) is 3. The minimum Gasteiger partial charge on any atom is -0.507 e. The molecule has 3 N–H and O–H groups in total. The van der Waals surface area contributed by atoms with Crippen LogP contribution in [-0.2, 0) is 45.6 Å². The molecule has 0 aliphatic rings. The summed E-state index contributed by atoms with van der Waals surface area (Å²) in [6, 6.07) is 41.5. The average molecular weight is 1180 g/mol. The molecule has 1 atom stereocenters. The standard InChI is InChI=1S/C62H81N5O14Si2/c1-9-62(44-73-60(70)63-38-22-40-82(75-10-2,76-11-3)77-12-4,45-74-61(71)64-39-23-41-83(78-13-5,79-14-6)80-15-7)43-72-59(69)46(8)81-53-36-37-54(55(68)42-53)58-66-56(51-32-28-49(29-33-51)47-24-18-16-19-25-47)65-57(67-58)52-34-30-50(31-35-52)48-26-20-17-21-27-48/h16-21,24-37,42,46,68H,9-15,22-23,38-41,43-45H2,1-8H3,(H,63,70)(H,64,71). The molecule has 0 bridgehead atoms. The number of alkyl carbamates (subject to hydrolysis) is 2. The van der Waals surface area contributed by atoms with Crippen LogP contribution in [0.5, 0.6) is 11.5 Å². The lowest BCUT2D eigenvalue weighted by atomic mass is 9.88. The van der Waals surface area contributed by atoms with E-state index in [1.54, 1.807) is 19.1 Å². The summed E-state index contributed by atoms with van der Waals surface area (Å²) in [5.41, 5.74) is 4.82. The number of phenols is 1. The van der Waals surface area contributed by atoms with Gasteiger partial charge in [0.05, 0.1) is 11.0 Å². The molecule has 446 valence electrons. The van der Waals surface area contributed by atoms with Gasteiger partial charge in [0.2, 0.25) is 0 Å². The Morgan fingerprint density at radius 1 is 0.494 bits per heavy atom. The topological polar surface area (TPSA) is 226 Å². The third kappa shape index (κ3) is 19.5. The fraction of sp³-hybridized carbons (Fsp3) is 0.419. The Bertz CT molecular complexity index is 2740. The van der Waals surface area contributed by atoms with Crippen LogP contribution in [0.3, 0.4) is 0 Å². The number of phenolic OH excluding ortho intramolecular Hbond substituents is 1. The van der Waals surface area contributed by atoms with E-state index in [1.807, 2.05) is 151 Å². The molecule has 6 aromatic rings. The lowest BCUT2D eigenvalue weighted by Crippen LogP contribution is -2.46. The Hall–Kier alpha value is -7.09. The zero-order valence-electron chi connectivity index (χ0n) is 49.1. The fourth-order valence-corrected chi connectivity index (χ4v) is 14.2. The largest absolute Gasteiger partial charge is 0.507 e. The van der Waals surface area contributed by atoms with E-state index in [9.17, 15) is 19.5 Å². The highest BCUT2D eigenvalue weighted by molar-refractivity contribution is 6.61. The van der Waals surface area contributed by atoms with Gasteiger partial charge in [-0.25, -0.2) is 29.3 Å². The number of benzene rings is 5. The molecular weight excluding hydrogens is 1090 g/mol. The highest BCUT2D eigenvalue weighted by Gasteiger charge is 2.41. The second-order valence-electron chi connectivity index (χ2n) is 19.3. The number of nitrogens with one attached hydrogen (secondary N) is 2. The van der Waals surface area contributed by atoms with E-state index in [2.05, 4.69) is 10.6 Å². The second kappa shape index (κ2) is 33.3. The van der Waals surface area contributed by atoms with Crippen molar-refractivity contribution >= 4 is 35.8 Å². The Kier molecular flexibility index (Phi) is 26.1. The van der Waals surface area contributed by atoms with Crippen molar-refractivity contribution in [1.29, 1.82) is 0 Å². The van der Waals surface area contributed by atoms with Gasteiger partial charge in [-0.1, -0.05) is 116 Å². The molecule has 0 aliphatic carbocycles. The molecule has 0 radical (unpaired) electrons. The lowest BCUT2D eigenvalue weighted by molar-refractivity contribution is -0.157. The number of ether oxygens (including phenoxy) is 4. The number of aromatic hydroxyl groups is 1. The maximum Gasteiger partial charge on any atom is 0.500 e. The highest BCUT2D eigenvalue weighted by Crippen LogP contribution is 2.35. The minimum atomic E-state index is -2.94. The number of carbonyl (C=O) groups excluding carboxylic acids is 3. The van der Waals surface area contributed by atoms with E-state index in [1.165, 1.54) is 13.0 Å². The van der Waals surface area contributed by atoms with E-state index in [0.717, 1.165) is 33.4 Å². The number of esters is 1. The first kappa shape index (κ1) is 65.1. The van der Waals surface area contributed by atoms with Crippen LogP contribution >= 0.6 is 0 Å². The van der Waals surface area contributed by atoms with Gasteiger partial charge in [0.1, 0.15) is 31.3 Å². The Balaban J connectivity index is 1.15. The van der Waals surface area contributed by atoms with Crippen LogP contribution in [-0.4, -0.2) is 134 Å². The first-order valence-electron chi connectivity index (χ1n) is 28.6. The van der Waals surface area contributed by atoms with Gasteiger partial charge in [0.15, 0.2) is 23.6 Å². The molecule has 1 aromatic heterocycles. The van der Waals surface area contributed by atoms with Crippen molar-refractivity contribution in [3.63, 3.8) is 0 Å². The summed E-state index contributed by atoms with van der Waals surface area (Å²) >= 11 is 0. The molecule has 0 spiro atoms. The fourth-order valence-electron chi connectivity index (χ4n) is 8.97. The normalized spacial score (nSPS) is 12.1. The van der Waals surface area contributed by atoms with Crippen LogP contribution in [0.4, 0.5) is 9.59 Å². The zero-order chi connectivity index (χ0) is 59.5. The molecule has 2 amide bonds. The molecule has 5 aromatic carbocycles. The van der Waals surface area contributed by atoms with Gasteiger partial charge in [0, 0.05) is 82.0 Å². The second-order valence-corrected chi connectivity index (χ2v) is 24.7. The van der Waals surface area contributed by atoms with Crippen molar-refractivity contribution in [3.8, 4) is 67.9 Å². The van der Waals surface area contributed by atoms with Gasteiger partial charge in [-0.2, -0.15) is 0 Å². The Labute approximate surface area is 490 Å². The third-order valence-electron chi connectivity index (χ3n) is 13.3. The van der Waals surface area contributed by atoms with Gasteiger partial charge >= 0.3 is 35.8 Å². The maximum absolute atomic E-state index is 13.8. The van der Waals surface area contributed by atoms with Crippen LogP contribution in [0.1, 0.15) is 74.7 Å². The van der Waals surface area contributed by atoms with Gasteiger partial charge in [-0.3, -0.25) is 0 Å². The summed E-state index contributed by atoms with van der Waals surface area (Å²) in [5.74, 6) is 0.198. The summed E-state index contributed by atoms with van der Waals surface area (Å²) < 4.78 is 59.0. The summed E-state index contributed by atoms with van der Waals surface area (Å²) in [6.45, 7) is 16.8. The maximum atomic E-state index is 13.8. The number of hydrogen-bond donors (Lipinski definition) is 3. The van der Waals surface area contributed by atoms with Gasteiger partial charge in [-0.15, -0.1) is 0 Å². The predicted molar refractivity (Wildman–Crippen MR) is 321 cm³/mol. The van der Waals surface area contributed by atoms with E-state index >= 15 is 0 Å². The molecule has 0 saturated carbocycles. The predicted octanol–water partition coefficient (Wildman–Crippen LogP) is 11.9. The summed E-state index contributed by atoms with van der Waals surface area (Å²) in [5, 5.41) is 17.1. The molecule has 19 nitrogen and oxygen atoms in total. The van der Waals surface area contributed by atoms with Crippen LogP contribution in [0.15, 0.2) is 127 Å². The van der Waals surface area contributed by atoms with Crippen molar-refractivity contribution in [1.82, 2.24) is 25.6 Å². The van der Waals surface area contributed by atoms with E-state index < -0.39 is 47.3 Å². The summed E-state index contributed by atoms with van der Waals surface area (Å²) in [7, 11) is -5.88. The van der Waals surface area contributed by atoms with E-state index in [-0.39, 0.29) is 56.7 Å². The molecule has 0 saturated heterocycles. The number of amides is 2. The number of aromatic nitrogens is 3. The molecule has 21 heteroatoms. The Morgan fingerprint density at radius 2 is 0.867 bits per heavy atom. The minimum absolute atomic E-state index is 0.160. The van der Waals surface area contributed by atoms with Crippen molar-refractivity contribution in [2.75, 3.05) is 72.6 Å². The smallest absolute Gasteiger partial charge is 0.500 e. The van der Waals surface area contributed by atoms with Crippen molar-refractivity contribution < 1.29 is 65.0 Å². The molecule has 1 unspecified atom stereocenters. The van der Waals surface area contributed by atoms with Gasteiger partial charge in [-0.05, 0) is 102 Å². The molecule has 6 rings (SSSR count). The number of rotatable bonds is 35. The van der Waals surface area contributed by atoms with Crippen LogP contribution in [0.25, 0.3) is 56.4 Å². The van der Waals surface area contributed by atoms with Gasteiger partial charge in [0.25, 0.3) is 0 Å². The molecule has 1 heterocycles. The average Bonchev–Trinajstić information content (AvgIpc) is 3.70. The molecule has 0 fully saturated rings. The third-order valence-corrected chi connectivity index (χ3v) is 19.6. The molecular formula is C62H81N5O14Si2. The SMILES string of the molecule is CCO[Si](CCCNC(=O)OCC(CC)(COC(=O)NCCC[Si](OCC)(OCC)OCC)COC(=O)C(C)Oc1ccc(-c2nc(-c3ccc(-c4ccccc4)cc3)nc(-c3ccc(-c4ccccc4)cc3)n2)c(O)c1)(OCC)OCC. The quantitative estimate of drug-likeness (QED) is 0.0145. The van der Waals surface area contributed by atoms with Crippen LogP contribution in [0.2, 0.25) is 12.1 Å². The molecule has 0 aliphatic heterocycles. The molecule has 83 heavy (non-hydrogen) atoms. The highest BCUT2D eigenvalue weighted by atomic mass is 28.4. The summed E-state index contributed by atoms with van der Waals surface area (Å²) in [6.07, 6.45) is -1.37. The van der Waals surface area contributed by atoms with Crippen molar-refractivity contribution in [2.45, 2.75) is 92.8 Å². The van der Waals surface area contributed by atoms with Gasteiger partial charge < -0.3 is 61.2 Å². The van der Waals surface area contributed by atoms with E-state index in [4.69, 9.17) is 60.5 Å². The lowest BCUT2D eigenvalue weighted by Gasteiger charge is -2.31. The first-order chi connectivity index (χ1) is 40.3. The monoisotopic (exact) mass is 1180 g/mol. The number of carbonyl (C=O) groups is 3. The number of hydrogen-bond acceptors (Lipinski definition) is 17. The first-order valence-corrected chi connectivity index (χ1v) is 32.5. The van der Waals surface area contributed by atoms with Crippen molar-refractivity contribution in [2.24, 2.45) is 5.41 Å². The van der Waals surface area contributed by atoms with E-state index in [0.29, 0.717) is 81.8 Å². The van der Waals surface area contributed by atoms with Crippen LogP contribution < -0.4 is 15.4 Å². The van der Waals surface area contributed by atoms with Crippen molar-refractivity contribution in [3.05, 3.63) is 127 Å². The van der Waals surface area contributed by atoms with Crippen LogP contribution in [0, 0.1) is 5.41 Å². The zero-order valence-corrected chi connectivity index (χ0v) is 51.1. The Morgan fingerprint density at radius 3 is 1.25 bits per heavy atom. The summed E-state index contributed by atoms with van der Waals surface area (Å²) in [4.78, 5) is 54.8.